The predicted molar refractivity (Wildman–Crippen MR) is 53.1 cm³/mol. The van der Waals surface area contributed by atoms with Gasteiger partial charge in [-0.05, 0) is 38.3 Å². The van der Waals surface area contributed by atoms with Crippen molar-refractivity contribution in [2.45, 2.75) is 39.2 Å². The van der Waals surface area contributed by atoms with Crippen molar-refractivity contribution >= 4 is 0 Å². The zero-order chi connectivity index (χ0) is 8.97. The SMILES string of the molecule is CCCN1CCCC(C)C1CN. The molecule has 12 heavy (non-hydrogen) atoms. The molecule has 0 aromatic heterocycles. The number of piperidine rings is 1. The van der Waals surface area contributed by atoms with Crippen molar-refractivity contribution in [1.29, 1.82) is 0 Å². The van der Waals surface area contributed by atoms with Crippen molar-refractivity contribution in [3.63, 3.8) is 0 Å². The van der Waals surface area contributed by atoms with Gasteiger partial charge in [-0.15, -0.1) is 0 Å². The third-order valence-electron chi connectivity index (χ3n) is 2.98. The van der Waals surface area contributed by atoms with Crippen molar-refractivity contribution in [1.82, 2.24) is 4.90 Å². The summed E-state index contributed by atoms with van der Waals surface area (Å²) in [5, 5.41) is 0. The van der Waals surface area contributed by atoms with Crippen LogP contribution >= 0.6 is 0 Å². The molecule has 2 heteroatoms. The molecule has 0 aliphatic carbocycles. The lowest BCUT2D eigenvalue weighted by Gasteiger charge is -2.39. The van der Waals surface area contributed by atoms with E-state index in [1.54, 1.807) is 0 Å². The molecule has 2 N–H and O–H groups in total. The largest absolute Gasteiger partial charge is 0.329 e. The molecule has 1 aliphatic rings. The highest BCUT2D eigenvalue weighted by molar-refractivity contribution is 4.82. The maximum Gasteiger partial charge on any atom is 0.0243 e. The van der Waals surface area contributed by atoms with Crippen LogP contribution in [0.25, 0.3) is 0 Å². The quantitative estimate of drug-likeness (QED) is 0.694. The minimum absolute atomic E-state index is 0.652. The van der Waals surface area contributed by atoms with Crippen LogP contribution in [-0.4, -0.2) is 30.6 Å². The Hall–Kier alpha value is -0.0800. The first kappa shape index (κ1) is 10.0. The second kappa shape index (κ2) is 4.83. The van der Waals surface area contributed by atoms with Crippen LogP contribution in [-0.2, 0) is 0 Å². The van der Waals surface area contributed by atoms with Crippen molar-refractivity contribution < 1.29 is 0 Å². The van der Waals surface area contributed by atoms with Crippen molar-refractivity contribution in [3.05, 3.63) is 0 Å². The number of nitrogens with zero attached hydrogens (tertiary/aromatic N) is 1. The molecule has 0 spiro atoms. The summed E-state index contributed by atoms with van der Waals surface area (Å²) in [6.45, 7) is 7.90. The summed E-state index contributed by atoms with van der Waals surface area (Å²) >= 11 is 0. The van der Waals surface area contributed by atoms with Crippen LogP contribution in [0.2, 0.25) is 0 Å². The highest BCUT2D eigenvalue weighted by atomic mass is 15.2. The number of hydrogen-bond acceptors (Lipinski definition) is 2. The highest BCUT2D eigenvalue weighted by Gasteiger charge is 2.26. The third-order valence-corrected chi connectivity index (χ3v) is 2.98. The molecule has 2 nitrogen and oxygen atoms in total. The van der Waals surface area contributed by atoms with E-state index in [1.807, 2.05) is 0 Å². The molecule has 0 aromatic carbocycles. The van der Waals surface area contributed by atoms with Crippen molar-refractivity contribution in [2.75, 3.05) is 19.6 Å². The van der Waals surface area contributed by atoms with E-state index in [2.05, 4.69) is 18.7 Å². The lowest BCUT2D eigenvalue weighted by Crippen LogP contribution is -2.48. The van der Waals surface area contributed by atoms with E-state index < -0.39 is 0 Å². The first-order valence-corrected chi connectivity index (χ1v) is 5.23. The van der Waals surface area contributed by atoms with E-state index >= 15 is 0 Å². The lowest BCUT2D eigenvalue weighted by atomic mass is 9.91. The van der Waals surface area contributed by atoms with Crippen LogP contribution in [0.15, 0.2) is 0 Å². The average Bonchev–Trinajstić information content (AvgIpc) is 2.05. The van der Waals surface area contributed by atoms with Gasteiger partial charge in [-0.2, -0.15) is 0 Å². The van der Waals surface area contributed by atoms with Gasteiger partial charge in [-0.1, -0.05) is 13.8 Å². The fraction of sp³-hybridized carbons (Fsp3) is 1.00. The molecule has 1 rings (SSSR count). The Morgan fingerprint density at radius 1 is 1.50 bits per heavy atom. The molecule has 1 fully saturated rings. The topological polar surface area (TPSA) is 29.3 Å². The minimum Gasteiger partial charge on any atom is -0.329 e. The molecule has 0 radical (unpaired) electrons. The Balaban J connectivity index is 2.45. The molecular weight excluding hydrogens is 148 g/mol. The first-order chi connectivity index (χ1) is 5.79. The number of nitrogens with two attached hydrogens (primary N) is 1. The summed E-state index contributed by atoms with van der Waals surface area (Å²) in [5.41, 5.74) is 5.77. The van der Waals surface area contributed by atoms with Gasteiger partial charge in [0.2, 0.25) is 0 Å². The summed E-state index contributed by atoms with van der Waals surface area (Å²) in [5.74, 6) is 0.801. The van der Waals surface area contributed by atoms with Gasteiger partial charge in [0.15, 0.2) is 0 Å². The minimum atomic E-state index is 0.652. The van der Waals surface area contributed by atoms with Gasteiger partial charge in [0.25, 0.3) is 0 Å². The van der Waals surface area contributed by atoms with E-state index in [0.29, 0.717) is 6.04 Å². The summed E-state index contributed by atoms with van der Waals surface area (Å²) in [6, 6.07) is 0.652. The monoisotopic (exact) mass is 170 g/mol. The Morgan fingerprint density at radius 2 is 2.25 bits per heavy atom. The summed E-state index contributed by atoms with van der Waals surface area (Å²) in [7, 11) is 0. The van der Waals surface area contributed by atoms with Crippen LogP contribution in [0, 0.1) is 5.92 Å². The predicted octanol–water partition coefficient (Wildman–Crippen LogP) is 1.46. The number of likely N-dealkylation sites (tertiary alicyclic amines) is 1. The standard InChI is InChI=1S/C10H22N2/c1-3-6-12-7-4-5-9(2)10(12)8-11/h9-10H,3-8,11H2,1-2H3. The van der Waals surface area contributed by atoms with Crippen LogP contribution in [0.1, 0.15) is 33.1 Å². The fourth-order valence-electron chi connectivity index (χ4n) is 2.28. The molecule has 0 aromatic rings. The van der Waals surface area contributed by atoms with Gasteiger partial charge in [-0.3, -0.25) is 4.90 Å². The van der Waals surface area contributed by atoms with Crippen molar-refractivity contribution in [2.24, 2.45) is 11.7 Å². The second-order valence-electron chi connectivity index (χ2n) is 3.96. The molecule has 0 saturated carbocycles. The molecule has 72 valence electrons. The number of hydrogen-bond donors (Lipinski definition) is 1. The zero-order valence-electron chi connectivity index (χ0n) is 8.42. The molecule has 1 saturated heterocycles. The normalized spacial score (nSPS) is 32.2. The Labute approximate surface area is 76.1 Å². The van der Waals surface area contributed by atoms with E-state index in [9.17, 15) is 0 Å². The molecular formula is C10H22N2. The Kier molecular flexibility index (Phi) is 4.02. The van der Waals surface area contributed by atoms with Gasteiger partial charge in [0.05, 0.1) is 0 Å². The second-order valence-corrected chi connectivity index (χ2v) is 3.96. The van der Waals surface area contributed by atoms with Crippen LogP contribution in [0.5, 0.6) is 0 Å². The Bertz CT molecular complexity index is 123. The maximum absolute atomic E-state index is 5.77. The highest BCUT2D eigenvalue weighted by Crippen LogP contribution is 2.22. The fourth-order valence-corrected chi connectivity index (χ4v) is 2.28. The molecule has 0 amide bonds. The van der Waals surface area contributed by atoms with E-state index in [4.69, 9.17) is 5.73 Å². The van der Waals surface area contributed by atoms with E-state index in [1.165, 1.54) is 32.4 Å². The average molecular weight is 170 g/mol. The first-order valence-electron chi connectivity index (χ1n) is 5.23. The molecule has 0 bridgehead atoms. The van der Waals surface area contributed by atoms with E-state index in [-0.39, 0.29) is 0 Å². The molecule has 1 aliphatic heterocycles. The van der Waals surface area contributed by atoms with Crippen LogP contribution < -0.4 is 5.73 Å². The molecule has 1 heterocycles. The van der Waals surface area contributed by atoms with Crippen LogP contribution in [0.3, 0.4) is 0 Å². The third kappa shape index (κ3) is 2.20. The summed E-state index contributed by atoms with van der Waals surface area (Å²) in [4.78, 5) is 2.56. The smallest absolute Gasteiger partial charge is 0.0243 e. The molecule has 2 unspecified atom stereocenters. The van der Waals surface area contributed by atoms with Gasteiger partial charge < -0.3 is 5.73 Å². The lowest BCUT2D eigenvalue weighted by molar-refractivity contribution is 0.107. The molecule has 2 atom stereocenters. The summed E-state index contributed by atoms with van der Waals surface area (Å²) in [6.07, 6.45) is 3.98. The van der Waals surface area contributed by atoms with Crippen LogP contribution in [0.4, 0.5) is 0 Å². The van der Waals surface area contributed by atoms with Gasteiger partial charge >= 0.3 is 0 Å². The van der Waals surface area contributed by atoms with E-state index in [0.717, 1.165) is 12.5 Å². The van der Waals surface area contributed by atoms with Gasteiger partial charge in [0, 0.05) is 12.6 Å². The number of rotatable bonds is 3. The maximum atomic E-state index is 5.77. The zero-order valence-corrected chi connectivity index (χ0v) is 8.42. The van der Waals surface area contributed by atoms with Crippen molar-refractivity contribution in [3.8, 4) is 0 Å². The van der Waals surface area contributed by atoms with Gasteiger partial charge in [0.1, 0.15) is 0 Å². The Morgan fingerprint density at radius 3 is 2.83 bits per heavy atom. The van der Waals surface area contributed by atoms with Gasteiger partial charge in [-0.25, -0.2) is 0 Å². The summed E-state index contributed by atoms with van der Waals surface area (Å²) < 4.78 is 0.